The number of ether oxygens (including phenoxy) is 1. The summed E-state index contributed by atoms with van der Waals surface area (Å²) in [6.07, 6.45) is 3.51. The van der Waals surface area contributed by atoms with Crippen LogP contribution in [-0.2, 0) is 20.9 Å². The Bertz CT molecular complexity index is 1340. The molecule has 34 heavy (non-hydrogen) atoms. The van der Waals surface area contributed by atoms with Crippen molar-refractivity contribution in [1.82, 2.24) is 9.47 Å². The number of thioether (sulfide) groups is 1. The average Bonchev–Trinajstić information content (AvgIpc) is 3.30. The van der Waals surface area contributed by atoms with E-state index in [0.717, 1.165) is 38.7 Å². The molecule has 1 aromatic heterocycles. The molecule has 2 aromatic carbocycles. The van der Waals surface area contributed by atoms with E-state index >= 15 is 0 Å². The third kappa shape index (κ3) is 4.47. The number of fused-ring (bicyclic) bond motifs is 1. The Kier molecular flexibility index (Phi) is 6.56. The highest BCUT2D eigenvalue weighted by atomic mass is 32.2. The van der Waals surface area contributed by atoms with Crippen LogP contribution in [0.3, 0.4) is 0 Å². The summed E-state index contributed by atoms with van der Waals surface area (Å²) in [6, 6.07) is 13.3. The second kappa shape index (κ2) is 9.56. The van der Waals surface area contributed by atoms with Gasteiger partial charge in [-0.05, 0) is 55.4 Å². The second-order valence-electron chi connectivity index (χ2n) is 7.71. The number of amides is 2. The standard InChI is InChI=1S/C25H22N2O6S/c1-3-33-24(31)15(2)27-22(28)21(34-25(27)32)12-18-14-26(20-10-5-4-9-19(18)20)13-16-7-6-8-17(11-16)23(29)30/h4-12,14-15H,3,13H2,1-2H3,(H,29,30)/b21-12+/t15-/m1/s1. The van der Waals surface area contributed by atoms with Gasteiger partial charge in [-0.15, -0.1) is 0 Å². The van der Waals surface area contributed by atoms with Gasteiger partial charge in [0.05, 0.1) is 17.1 Å². The number of benzene rings is 2. The van der Waals surface area contributed by atoms with E-state index in [9.17, 15) is 24.3 Å². The minimum Gasteiger partial charge on any atom is -0.478 e. The zero-order valence-corrected chi connectivity index (χ0v) is 19.4. The topological polar surface area (TPSA) is 106 Å². The van der Waals surface area contributed by atoms with Crippen LogP contribution in [0.15, 0.2) is 59.6 Å². The fourth-order valence-corrected chi connectivity index (χ4v) is 4.74. The predicted octanol–water partition coefficient (Wildman–Crippen LogP) is 4.38. The maximum absolute atomic E-state index is 13.0. The first-order valence-electron chi connectivity index (χ1n) is 10.6. The molecule has 0 unspecified atom stereocenters. The molecule has 1 saturated heterocycles. The highest BCUT2D eigenvalue weighted by Crippen LogP contribution is 2.35. The number of carboxylic acids is 1. The fourth-order valence-electron chi connectivity index (χ4n) is 3.84. The number of aromatic carboxylic acids is 1. The smallest absolute Gasteiger partial charge is 0.335 e. The molecule has 0 saturated carbocycles. The van der Waals surface area contributed by atoms with Crippen LogP contribution in [-0.4, -0.2) is 50.3 Å². The maximum atomic E-state index is 13.0. The van der Waals surface area contributed by atoms with Crippen LogP contribution in [0.1, 0.15) is 35.3 Å². The number of carbonyl (C=O) groups excluding carboxylic acids is 3. The van der Waals surface area contributed by atoms with Crippen LogP contribution in [0, 0.1) is 0 Å². The lowest BCUT2D eigenvalue weighted by molar-refractivity contribution is -0.150. The fraction of sp³-hybridized carbons (Fsp3) is 0.200. The van der Waals surface area contributed by atoms with Crippen LogP contribution < -0.4 is 0 Å². The van der Waals surface area contributed by atoms with Gasteiger partial charge in [0.15, 0.2) is 0 Å². The lowest BCUT2D eigenvalue weighted by Crippen LogP contribution is -2.42. The highest BCUT2D eigenvalue weighted by Gasteiger charge is 2.41. The molecule has 0 spiro atoms. The number of esters is 1. The number of imide groups is 1. The number of nitrogens with zero attached hydrogens (tertiary/aromatic N) is 2. The number of hydrogen-bond donors (Lipinski definition) is 1. The minimum atomic E-state index is -1.01. The van der Waals surface area contributed by atoms with Crippen molar-refractivity contribution in [3.63, 3.8) is 0 Å². The SMILES string of the molecule is CCOC(=O)[C@@H](C)N1C(=O)S/C(=C/c2cn(Cc3cccc(C(=O)O)c3)c3ccccc23)C1=O. The Morgan fingerprint density at radius 3 is 2.65 bits per heavy atom. The summed E-state index contributed by atoms with van der Waals surface area (Å²) >= 11 is 0.784. The van der Waals surface area contributed by atoms with E-state index in [0.29, 0.717) is 6.54 Å². The van der Waals surface area contributed by atoms with E-state index < -0.39 is 29.1 Å². The maximum Gasteiger partial charge on any atom is 0.335 e. The number of rotatable bonds is 7. The van der Waals surface area contributed by atoms with Crippen LogP contribution in [0.5, 0.6) is 0 Å². The summed E-state index contributed by atoms with van der Waals surface area (Å²) in [5.41, 5.74) is 2.65. The normalized spacial score (nSPS) is 15.8. The predicted molar refractivity (Wildman–Crippen MR) is 128 cm³/mol. The summed E-state index contributed by atoms with van der Waals surface area (Å²) in [5, 5.41) is 9.63. The van der Waals surface area contributed by atoms with Crippen molar-refractivity contribution in [2.75, 3.05) is 6.61 Å². The van der Waals surface area contributed by atoms with Gasteiger partial charge in [0.2, 0.25) is 0 Å². The number of carboxylic acid groups (broad SMARTS) is 1. The molecule has 4 rings (SSSR count). The van der Waals surface area contributed by atoms with E-state index in [1.807, 2.05) is 41.1 Å². The molecule has 2 amide bonds. The summed E-state index contributed by atoms with van der Waals surface area (Å²) in [7, 11) is 0. The largest absolute Gasteiger partial charge is 0.478 e. The molecule has 1 N–H and O–H groups in total. The van der Waals surface area contributed by atoms with E-state index in [2.05, 4.69) is 0 Å². The van der Waals surface area contributed by atoms with Gasteiger partial charge in [-0.2, -0.15) is 0 Å². The number of para-hydroxylation sites is 1. The monoisotopic (exact) mass is 478 g/mol. The average molecular weight is 479 g/mol. The molecule has 9 heteroatoms. The zero-order valence-electron chi connectivity index (χ0n) is 18.6. The van der Waals surface area contributed by atoms with Gasteiger partial charge >= 0.3 is 11.9 Å². The van der Waals surface area contributed by atoms with Gasteiger partial charge in [0.1, 0.15) is 6.04 Å². The number of aromatic nitrogens is 1. The van der Waals surface area contributed by atoms with Crippen LogP contribution in [0.25, 0.3) is 17.0 Å². The Morgan fingerprint density at radius 2 is 1.91 bits per heavy atom. The van der Waals surface area contributed by atoms with Gasteiger partial charge in [0.25, 0.3) is 11.1 Å². The van der Waals surface area contributed by atoms with Crippen molar-refractivity contribution < 1.29 is 29.0 Å². The van der Waals surface area contributed by atoms with E-state index in [4.69, 9.17) is 4.74 Å². The molecule has 1 aliphatic heterocycles. The van der Waals surface area contributed by atoms with Crippen molar-refractivity contribution in [2.24, 2.45) is 0 Å². The molecule has 1 aliphatic rings. The third-order valence-corrected chi connectivity index (χ3v) is 6.36. The Hall–Kier alpha value is -3.85. The van der Waals surface area contributed by atoms with Crippen molar-refractivity contribution >= 4 is 51.8 Å². The van der Waals surface area contributed by atoms with Crippen LogP contribution in [0.4, 0.5) is 4.79 Å². The molecule has 0 radical (unpaired) electrons. The lowest BCUT2D eigenvalue weighted by atomic mass is 10.1. The summed E-state index contributed by atoms with van der Waals surface area (Å²) in [6.45, 7) is 3.71. The summed E-state index contributed by atoms with van der Waals surface area (Å²) in [5.74, 6) is -2.17. The first-order chi connectivity index (χ1) is 16.3. The molecule has 1 atom stereocenters. The molecular formula is C25H22N2O6S. The van der Waals surface area contributed by atoms with E-state index in [-0.39, 0.29) is 17.1 Å². The van der Waals surface area contributed by atoms with E-state index in [1.54, 1.807) is 31.2 Å². The molecule has 0 aliphatic carbocycles. The lowest BCUT2D eigenvalue weighted by Gasteiger charge is -2.19. The van der Waals surface area contributed by atoms with Gasteiger partial charge in [-0.25, -0.2) is 9.59 Å². The number of carbonyl (C=O) groups is 4. The Morgan fingerprint density at radius 1 is 1.15 bits per heavy atom. The number of hydrogen-bond acceptors (Lipinski definition) is 6. The summed E-state index contributed by atoms with van der Waals surface area (Å²) < 4.78 is 6.92. The van der Waals surface area contributed by atoms with Gasteiger partial charge in [0, 0.05) is 29.2 Å². The van der Waals surface area contributed by atoms with E-state index in [1.165, 1.54) is 6.92 Å². The quantitative estimate of drug-likeness (QED) is 0.397. The zero-order chi connectivity index (χ0) is 24.4. The van der Waals surface area contributed by atoms with Gasteiger partial charge < -0.3 is 14.4 Å². The molecule has 3 aromatic rings. The third-order valence-electron chi connectivity index (χ3n) is 5.47. The van der Waals surface area contributed by atoms with Gasteiger partial charge in [-0.1, -0.05) is 30.3 Å². The highest BCUT2D eigenvalue weighted by molar-refractivity contribution is 8.18. The first-order valence-corrected chi connectivity index (χ1v) is 11.5. The molecule has 1 fully saturated rings. The molecular weight excluding hydrogens is 456 g/mol. The van der Waals surface area contributed by atoms with Crippen LogP contribution >= 0.6 is 11.8 Å². The van der Waals surface area contributed by atoms with Crippen molar-refractivity contribution in [2.45, 2.75) is 26.4 Å². The first kappa shape index (κ1) is 23.3. The Balaban J connectivity index is 1.67. The molecule has 0 bridgehead atoms. The van der Waals surface area contributed by atoms with Crippen LogP contribution in [0.2, 0.25) is 0 Å². The van der Waals surface area contributed by atoms with Crippen molar-refractivity contribution in [1.29, 1.82) is 0 Å². The minimum absolute atomic E-state index is 0.157. The second-order valence-corrected chi connectivity index (χ2v) is 8.71. The molecule has 2 heterocycles. The Labute approximate surface area is 199 Å². The summed E-state index contributed by atoms with van der Waals surface area (Å²) in [4.78, 5) is 50.0. The van der Waals surface area contributed by atoms with Crippen molar-refractivity contribution in [3.05, 3.63) is 76.3 Å². The molecule has 174 valence electrons. The van der Waals surface area contributed by atoms with Gasteiger partial charge in [-0.3, -0.25) is 14.5 Å². The van der Waals surface area contributed by atoms with Crippen molar-refractivity contribution in [3.8, 4) is 0 Å². The molecule has 8 nitrogen and oxygen atoms in total.